The molecule has 1 saturated heterocycles. The van der Waals surface area contributed by atoms with Gasteiger partial charge in [0.05, 0.1) is 25.6 Å². The number of halogens is 5. The van der Waals surface area contributed by atoms with Gasteiger partial charge in [0, 0.05) is 11.1 Å². The number of para-hydroxylation sites is 1. The smallest absolute Gasteiger partial charge is 0.283 e. The Hall–Kier alpha value is -2.73. The Balaban J connectivity index is 1.84. The highest BCUT2D eigenvalue weighted by Crippen LogP contribution is 2.39. The van der Waals surface area contributed by atoms with Gasteiger partial charge in [-0.3, -0.25) is 4.79 Å². The van der Waals surface area contributed by atoms with Crippen LogP contribution in [0.4, 0.5) is 22.0 Å². The van der Waals surface area contributed by atoms with Crippen molar-refractivity contribution >= 4 is 15.9 Å². The van der Waals surface area contributed by atoms with Crippen molar-refractivity contribution < 1.29 is 39.9 Å². The van der Waals surface area contributed by atoms with E-state index in [0.29, 0.717) is 0 Å². The van der Waals surface area contributed by atoms with Gasteiger partial charge in [-0.05, 0) is 18.1 Å². The minimum atomic E-state index is -4.71. The number of carbonyl (C=O) groups excluding carboxylic acids is 1. The highest BCUT2D eigenvalue weighted by atomic mass is 32.2. The van der Waals surface area contributed by atoms with E-state index in [1.165, 1.54) is 30.3 Å². The molecule has 2 aliphatic rings. The van der Waals surface area contributed by atoms with Crippen molar-refractivity contribution in [3.8, 4) is 16.9 Å². The van der Waals surface area contributed by atoms with Gasteiger partial charge in [0.15, 0.2) is 11.6 Å². The van der Waals surface area contributed by atoms with Crippen molar-refractivity contribution in [2.24, 2.45) is 0 Å². The molecule has 0 saturated carbocycles. The van der Waals surface area contributed by atoms with Gasteiger partial charge in [-0.25, -0.2) is 35.1 Å². The van der Waals surface area contributed by atoms with Crippen molar-refractivity contribution in [3.05, 3.63) is 53.6 Å². The van der Waals surface area contributed by atoms with Gasteiger partial charge < -0.3 is 9.64 Å². The SMILES string of the molecule is O=C1CCOc2c(F)cccc2-c2cccc(c2F)CC2C(NS(=O)(=O)CF)C(F)(F)CN12. The second kappa shape index (κ2) is 8.56. The number of amides is 1. The van der Waals surface area contributed by atoms with Gasteiger partial charge in [-0.1, -0.05) is 30.3 Å². The third kappa shape index (κ3) is 4.41. The van der Waals surface area contributed by atoms with E-state index in [4.69, 9.17) is 4.74 Å². The number of nitrogens with one attached hydrogen (secondary N) is 1. The molecule has 33 heavy (non-hydrogen) atoms. The van der Waals surface area contributed by atoms with Gasteiger partial charge in [-0.2, -0.15) is 0 Å². The van der Waals surface area contributed by atoms with Crippen molar-refractivity contribution in [3.63, 3.8) is 0 Å². The molecule has 1 fully saturated rings. The molecule has 2 aliphatic heterocycles. The van der Waals surface area contributed by atoms with Crippen LogP contribution in [0.1, 0.15) is 12.0 Å². The van der Waals surface area contributed by atoms with E-state index < -0.39 is 71.0 Å². The molecular formula is C21H19F5N2O4S. The maximum absolute atomic E-state index is 15.5. The summed E-state index contributed by atoms with van der Waals surface area (Å²) in [5.41, 5.74) is -0.0787. The first-order valence-electron chi connectivity index (χ1n) is 9.96. The van der Waals surface area contributed by atoms with Crippen LogP contribution in [0.15, 0.2) is 36.4 Å². The molecule has 1 N–H and O–H groups in total. The van der Waals surface area contributed by atoms with Gasteiger partial charge in [-0.15, -0.1) is 0 Å². The average Bonchev–Trinajstić information content (AvgIpc) is 3.00. The normalized spacial score (nSPS) is 22.6. The maximum Gasteiger partial charge on any atom is 0.283 e. The topological polar surface area (TPSA) is 75.7 Å². The van der Waals surface area contributed by atoms with Crippen LogP contribution in [0.3, 0.4) is 0 Å². The number of benzene rings is 2. The summed E-state index contributed by atoms with van der Waals surface area (Å²) in [4.78, 5) is 13.5. The molecule has 2 unspecified atom stereocenters. The highest BCUT2D eigenvalue weighted by Gasteiger charge is 2.57. The number of sulfonamides is 1. The molecular weight excluding hydrogens is 471 g/mol. The van der Waals surface area contributed by atoms with Gasteiger partial charge in [0.2, 0.25) is 21.9 Å². The molecule has 0 spiro atoms. The number of alkyl halides is 3. The molecule has 0 radical (unpaired) electrons. The molecule has 6 nitrogen and oxygen atoms in total. The molecule has 0 aliphatic carbocycles. The monoisotopic (exact) mass is 490 g/mol. The number of ether oxygens (including phenoxy) is 1. The lowest BCUT2D eigenvalue weighted by molar-refractivity contribution is -0.133. The first-order valence-corrected chi connectivity index (χ1v) is 11.6. The predicted molar refractivity (Wildman–Crippen MR) is 108 cm³/mol. The van der Waals surface area contributed by atoms with E-state index in [1.54, 1.807) is 4.72 Å². The van der Waals surface area contributed by atoms with E-state index in [9.17, 15) is 30.8 Å². The highest BCUT2D eigenvalue weighted by molar-refractivity contribution is 7.89. The summed E-state index contributed by atoms with van der Waals surface area (Å²) in [6, 6.07) is 2.36. The van der Waals surface area contributed by atoms with E-state index in [1.807, 2.05) is 0 Å². The Bertz CT molecular complexity index is 1190. The molecule has 2 bridgehead atoms. The van der Waals surface area contributed by atoms with Crippen molar-refractivity contribution in [1.29, 1.82) is 0 Å². The fourth-order valence-electron chi connectivity index (χ4n) is 4.22. The number of fused-ring (bicyclic) bond motifs is 5. The first-order chi connectivity index (χ1) is 15.5. The van der Waals surface area contributed by atoms with Crippen molar-refractivity contribution in [2.45, 2.75) is 30.8 Å². The Kier molecular flexibility index (Phi) is 6.08. The van der Waals surface area contributed by atoms with Crippen LogP contribution < -0.4 is 9.46 Å². The zero-order valence-corrected chi connectivity index (χ0v) is 17.8. The van der Waals surface area contributed by atoms with E-state index in [2.05, 4.69) is 0 Å². The van der Waals surface area contributed by atoms with Gasteiger partial charge in [0.1, 0.15) is 11.9 Å². The van der Waals surface area contributed by atoms with E-state index in [0.717, 1.165) is 11.0 Å². The maximum atomic E-state index is 15.5. The summed E-state index contributed by atoms with van der Waals surface area (Å²) in [5.74, 6) is -6.49. The Morgan fingerprint density at radius 2 is 1.82 bits per heavy atom. The minimum Gasteiger partial charge on any atom is -0.489 e. The van der Waals surface area contributed by atoms with Crippen LogP contribution in [0.2, 0.25) is 0 Å². The molecule has 2 aromatic rings. The van der Waals surface area contributed by atoms with Crippen molar-refractivity contribution in [2.75, 3.05) is 19.2 Å². The third-order valence-electron chi connectivity index (χ3n) is 5.72. The number of hydrogen-bond acceptors (Lipinski definition) is 4. The molecule has 4 rings (SSSR count). The number of rotatable bonds is 3. The molecule has 2 heterocycles. The Morgan fingerprint density at radius 1 is 1.12 bits per heavy atom. The molecule has 1 amide bonds. The summed E-state index contributed by atoms with van der Waals surface area (Å²) >= 11 is 0. The zero-order valence-electron chi connectivity index (χ0n) is 17.0. The lowest BCUT2D eigenvalue weighted by Gasteiger charge is -2.29. The molecule has 2 aromatic carbocycles. The van der Waals surface area contributed by atoms with E-state index >= 15 is 4.39 Å². The van der Waals surface area contributed by atoms with Crippen LogP contribution in [-0.4, -0.2) is 56.4 Å². The van der Waals surface area contributed by atoms with Crippen LogP contribution in [0, 0.1) is 11.6 Å². The van der Waals surface area contributed by atoms with Crippen LogP contribution in [-0.2, 0) is 21.2 Å². The summed E-state index contributed by atoms with van der Waals surface area (Å²) in [7, 11) is -4.71. The second-order valence-electron chi connectivity index (χ2n) is 7.87. The summed E-state index contributed by atoms with van der Waals surface area (Å²) in [5, 5.41) is 0. The third-order valence-corrected chi connectivity index (χ3v) is 6.62. The molecule has 0 aromatic heterocycles. The summed E-state index contributed by atoms with van der Waals surface area (Å²) in [6.45, 7) is -1.54. The number of hydrogen-bond donors (Lipinski definition) is 1. The van der Waals surface area contributed by atoms with E-state index in [-0.39, 0.29) is 29.0 Å². The Labute approximate surface area is 186 Å². The lowest BCUT2D eigenvalue weighted by atomic mass is 9.94. The largest absolute Gasteiger partial charge is 0.489 e. The predicted octanol–water partition coefficient (Wildman–Crippen LogP) is 3.02. The minimum absolute atomic E-state index is 0.0499. The van der Waals surface area contributed by atoms with Gasteiger partial charge in [0.25, 0.3) is 5.92 Å². The quantitative estimate of drug-likeness (QED) is 0.672. The van der Waals surface area contributed by atoms with Crippen LogP contribution >= 0.6 is 0 Å². The van der Waals surface area contributed by atoms with Gasteiger partial charge >= 0.3 is 0 Å². The summed E-state index contributed by atoms with van der Waals surface area (Å²) in [6.07, 6.45) is -0.897. The molecule has 178 valence electrons. The van der Waals surface area contributed by atoms with Crippen LogP contribution in [0.5, 0.6) is 5.75 Å². The van der Waals surface area contributed by atoms with Crippen LogP contribution in [0.25, 0.3) is 11.1 Å². The second-order valence-corrected chi connectivity index (χ2v) is 9.55. The number of carbonyl (C=O) groups is 1. The first kappa shape index (κ1) is 23.4. The average molecular weight is 490 g/mol. The number of nitrogens with zero attached hydrogens (tertiary/aromatic N) is 1. The lowest BCUT2D eigenvalue weighted by Crippen LogP contribution is -2.52. The molecule has 12 heteroatoms. The zero-order chi connectivity index (χ0) is 24.0. The fourth-order valence-corrected chi connectivity index (χ4v) is 5.00. The fraction of sp³-hybridized carbons (Fsp3) is 0.381. The summed E-state index contributed by atoms with van der Waals surface area (Å²) < 4.78 is 103. The Morgan fingerprint density at radius 3 is 2.55 bits per heavy atom. The molecule has 2 atom stereocenters. The van der Waals surface area contributed by atoms with Crippen molar-refractivity contribution in [1.82, 2.24) is 9.62 Å². The standard InChI is InChI=1S/C21H19F5N2O4S/c22-11-33(30,31)27-20-16-9-12-3-1-4-13(18(12)24)14-5-2-6-15(23)19(14)32-8-7-17(29)28(16)10-21(20,25)26/h1-6,16,20,27H,7-11H2.